The number of nitrogens with one attached hydrogen (secondary N) is 1. The molecule has 0 radical (unpaired) electrons. The number of aryl methyl sites for hydroxylation is 1. The Hall–Kier alpha value is -3.61. The highest BCUT2D eigenvalue weighted by atomic mass is 16.5. The quantitative estimate of drug-likeness (QED) is 0.276. The Bertz CT molecular complexity index is 1380. The van der Waals surface area contributed by atoms with Gasteiger partial charge in [0.1, 0.15) is 6.04 Å². The van der Waals surface area contributed by atoms with Gasteiger partial charge in [0, 0.05) is 75.3 Å². The molecule has 2 heterocycles. The van der Waals surface area contributed by atoms with Crippen molar-refractivity contribution in [3.05, 3.63) is 90.6 Å². The second-order valence-electron chi connectivity index (χ2n) is 10.6. The van der Waals surface area contributed by atoms with Crippen molar-refractivity contribution >= 4 is 22.5 Å². The number of aromatic nitrogens is 1. The van der Waals surface area contributed by atoms with Gasteiger partial charge < -0.3 is 24.4 Å². The lowest BCUT2D eigenvalue weighted by Gasteiger charge is -2.40. The van der Waals surface area contributed by atoms with Crippen LogP contribution in [0.15, 0.2) is 85.1 Å². The summed E-state index contributed by atoms with van der Waals surface area (Å²) in [6, 6.07) is 27.3. The third kappa shape index (κ3) is 6.02. The van der Waals surface area contributed by atoms with Gasteiger partial charge >= 0.3 is 0 Å². The fourth-order valence-electron chi connectivity index (χ4n) is 5.63. The zero-order valence-electron chi connectivity index (χ0n) is 23.3. The third-order valence-electron chi connectivity index (χ3n) is 7.68. The molecule has 1 unspecified atom stereocenters. The number of hydrogen-bond donors (Lipinski definition) is 1. The first-order valence-corrected chi connectivity index (χ1v) is 14.1. The summed E-state index contributed by atoms with van der Waals surface area (Å²) in [5.74, 6) is 0.165. The van der Waals surface area contributed by atoms with Crippen LogP contribution in [0.3, 0.4) is 0 Å². The van der Waals surface area contributed by atoms with Gasteiger partial charge in [-0.25, -0.2) is 0 Å². The van der Waals surface area contributed by atoms with Gasteiger partial charge in [0.05, 0.1) is 0 Å². The fraction of sp³-hybridized carbons (Fsp3) is 0.364. The van der Waals surface area contributed by atoms with Crippen molar-refractivity contribution in [2.75, 3.05) is 38.3 Å². The molecule has 1 atom stereocenters. The number of anilines is 1. The van der Waals surface area contributed by atoms with Gasteiger partial charge in [-0.3, -0.25) is 4.79 Å². The molecule has 5 rings (SSSR count). The molecular formula is C33H40N4O2. The Morgan fingerprint density at radius 1 is 1.03 bits per heavy atom. The highest BCUT2D eigenvalue weighted by Crippen LogP contribution is 2.28. The summed E-state index contributed by atoms with van der Waals surface area (Å²) < 4.78 is 7.58. The summed E-state index contributed by atoms with van der Waals surface area (Å²) in [6.45, 7) is 8.73. The maximum Gasteiger partial charge on any atom is 0.247 e. The maximum atomic E-state index is 14.3. The van der Waals surface area contributed by atoms with Gasteiger partial charge in [0.2, 0.25) is 5.91 Å². The predicted molar refractivity (Wildman–Crippen MR) is 160 cm³/mol. The minimum absolute atomic E-state index is 0.0764. The molecule has 6 nitrogen and oxygen atoms in total. The van der Waals surface area contributed by atoms with Crippen molar-refractivity contribution in [1.29, 1.82) is 0 Å². The van der Waals surface area contributed by atoms with E-state index in [4.69, 9.17) is 4.74 Å². The highest BCUT2D eigenvalue weighted by Gasteiger charge is 2.33. The Balaban J connectivity index is 1.41. The van der Waals surface area contributed by atoms with Crippen LogP contribution >= 0.6 is 0 Å². The van der Waals surface area contributed by atoms with Crippen LogP contribution in [0.1, 0.15) is 25.8 Å². The van der Waals surface area contributed by atoms with Gasteiger partial charge in [0.15, 0.2) is 0 Å². The summed E-state index contributed by atoms with van der Waals surface area (Å²) in [6.07, 6.45) is 3.18. The van der Waals surface area contributed by atoms with Gasteiger partial charge in [-0.1, -0.05) is 60.7 Å². The zero-order valence-corrected chi connectivity index (χ0v) is 23.3. The number of benzene rings is 3. The van der Waals surface area contributed by atoms with Gasteiger partial charge in [0.25, 0.3) is 0 Å². The summed E-state index contributed by atoms with van der Waals surface area (Å²) in [5, 5.41) is 4.69. The minimum atomic E-state index is -0.262. The van der Waals surface area contributed by atoms with Gasteiger partial charge in [-0.05, 0) is 55.2 Å². The molecule has 1 saturated heterocycles. The molecule has 0 spiro atoms. The average Bonchev–Trinajstić information content (AvgIpc) is 3.33. The molecule has 0 saturated carbocycles. The molecule has 1 aliphatic heterocycles. The number of rotatable bonds is 10. The summed E-state index contributed by atoms with van der Waals surface area (Å²) in [5.41, 5.74) is 5.84. The Labute approximate surface area is 232 Å². The van der Waals surface area contributed by atoms with E-state index >= 15 is 0 Å². The van der Waals surface area contributed by atoms with Crippen LogP contribution in [0, 0.1) is 0 Å². The molecule has 0 bridgehead atoms. The lowest BCUT2D eigenvalue weighted by molar-refractivity contribution is -0.135. The molecular weight excluding hydrogens is 484 g/mol. The van der Waals surface area contributed by atoms with E-state index in [0.717, 1.165) is 38.3 Å². The monoisotopic (exact) mass is 524 g/mol. The number of fused-ring (bicyclic) bond motifs is 1. The summed E-state index contributed by atoms with van der Waals surface area (Å²) in [4.78, 5) is 18.6. The molecule has 6 heteroatoms. The second-order valence-corrected chi connectivity index (χ2v) is 10.6. The zero-order chi connectivity index (χ0) is 27.2. The number of carbonyl (C=O) groups is 1. The molecule has 1 N–H and O–H groups in total. The van der Waals surface area contributed by atoms with Crippen LogP contribution < -0.4 is 10.2 Å². The van der Waals surface area contributed by atoms with Crippen LogP contribution in [-0.2, 0) is 22.6 Å². The van der Waals surface area contributed by atoms with Crippen LogP contribution in [0.25, 0.3) is 22.0 Å². The second kappa shape index (κ2) is 12.5. The molecule has 1 aliphatic rings. The number of methoxy groups -OCH3 is 1. The molecule has 0 aliphatic carbocycles. The van der Waals surface area contributed by atoms with E-state index in [2.05, 4.69) is 108 Å². The lowest BCUT2D eigenvalue weighted by Crippen LogP contribution is -2.59. The first-order chi connectivity index (χ1) is 19.1. The molecule has 4 aromatic rings. The van der Waals surface area contributed by atoms with E-state index in [1.807, 2.05) is 11.0 Å². The smallest absolute Gasteiger partial charge is 0.247 e. The number of hydrogen-bond acceptors (Lipinski definition) is 4. The number of amides is 1. The van der Waals surface area contributed by atoms with E-state index in [0.29, 0.717) is 13.1 Å². The van der Waals surface area contributed by atoms with Crippen molar-refractivity contribution in [1.82, 2.24) is 14.8 Å². The molecule has 1 fully saturated rings. The van der Waals surface area contributed by atoms with Crippen molar-refractivity contribution in [3.8, 4) is 11.1 Å². The Morgan fingerprint density at radius 3 is 2.59 bits per heavy atom. The largest absolute Gasteiger partial charge is 0.385 e. The average molecular weight is 525 g/mol. The van der Waals surface area contributed by atoms with Crippen LogP contribution in [-0.4, -0.2) is 60.8 Å². The topological polar surface area (TPSA) is 49.7 Å². The maximum absolute atomic E-state index is 14.3. The van der Waals surface area contributed by atoms with Gasteiger partial charge in [-0.2, -0.15) is 0 Å². The standard InChI is InChI=1S/C33H40N4O2/c1-25(2)37(24-28-23-35(18-10-20-39-3)31-16-8-7-15-30(28)31)33(38)32-22-34-17-19-36(32)29-14-9-13-27(21-29)26-11-5-4-6-12-26/h4-9,11-16,21,23,25,32,34H,10,17-20,22,24H2,1-3H3. The normalized spacial score (nSPS) is 15.7. The van der Waals surface area contributed by atoms with Gasteiger partial charge in [-0.15, -0.1) is 0 Å². The minimum Gasteiger partial charge on any atom is -0.385 e. The fourth-order valence-corrected chi connectivity index (χ4v) is 5.63. The van der Waals surface area contributed by atoms with E-state index in [9.17, 15) is 4.79 Å². The number of nitrogens with zero attached hydrogens (tertiary/aromatic N) is 3. The SMILES string of the molecule is COCCCn1cc(CN(C(=O)C2CNCCN2c2cccc(-c3ccccc3)c2)C(C)C)c2ccccc21. The number of para-hydroxylation sites is 1. The van der Waals surface area contributed by atoms with Crippen LogP contribution in [0.2, 0.25) is 0 Å². The van der Waals surface area contributed by atoms with E-state index < -0.39 is 0 Å². The Kier molecular flexibility index (Phi) is 8.64. The van der Waals surface area contributed by atoms with E-state index in [-0.39, 0.29) is 18.0 Å². The summed E-state index contributed by atoms with van der Waals surface area (Å²) >= 11 is 0. The summed E-state index contributed by atoms with van der Waals surface area (Å²) in [7, 11) is 1.74. The lowest BCUT2D eigenvalue weighted by atomic mass is 10.0. The van der Waals surface area contributed by atoms with Crippen LogP contribution in [0.4, 0.5) is 5.69 Å². The Morgan fingerprint density at radius 2 is 1.79 bits per heavy atom. The first-order valence-electron chi connectivity index (χ1n) is 14.1. The number of ether oxygens (including phenoxy) is 1. The van der Waals surface area contributed by atoms with E-state index in [1.54, 1.807) is 7.11 Å². The van der Waals surface area contributed by atoms with Crippen molar-refractivity contribution in [2.24, 2.45) is 0 Å². The van der Waals surface area contributed by atoms with Crippen LogP contribution in [0.5, 0.6) is 0 Å². The first kappa shape index (κ1) is 27.0. The molecule has 1 amide bonds. The third-order valence-corrected chi connectivity index (χ3v) is 7.68. The van der Waals surface area contributed by atoms with Crippen molar-refractivity contribution in [2.45, 2.75) is 45.4 Å². The molecule has 204 valence electrons. The molecule has 1 aromatic heterocycles. The number of piperazine rings is 1. The van der Waals surface area contributed by atoms with E-state index in [1.165, 1.54) is 27.6 Å². The predicted octanol–water partition coefficient (Wildman–Crippen LogP) is 5.56. The highest BCUT2D eigenvalue weighted by molar-refractivity contribution is 5.88. The molecule has 3 aromatic carbocycles. The van der Waals surface area contributed by atoms with Crippen molar-refractivity contribution in [3.63, 3.8) is 0 Å². The molecule has 39 heavy (non-hydrogen) atoms. The van der Waals surface area contributed by atoms with Crippen molar-refractivity contribution < 1.29 is 9.53 Å². The number of carbonyl (C=O) groups excluding carboxylic acids is 1.